The minimum Gasteiger partial charge on any atom is -0.454 e. The van der Waals surface area contributed by atoms with Crippen molar-refractivity contribution in [3.63, 3.8) is 0 Å². The molecule has 1 N–H and O–H groups in total. The average molecular weight is 455 g/mol. The van der Waals surface area contributed by atoms with Crippen LogP contribution >= 0.6 is 11.3 Å². The predicted molar refractivity (Wildman–Crippen MR) is 118 cm³/mol. The maximum atomic E-state index is 13.3. The highest BCUT2D eigenvalue weighted by atomic mass is 32.2. The summed E-state index contributed by atoms with van der Waals surface area (Å²) >= 11 is 1.24. The molecule has 2 aliphatic heterocycles. The zero-order valence-electron chi connectivity index (χ0n) is 16.3. The van der Waals surface area contributed by atoms with Crippen LogP contribution in [0.2, 0.25) is 0 Å². The Bertz CT molecular complexity index is 1280. The van der Waals surface area contributed by atoms with E-state index in [9.17, 15) is 13.2 Å². The van der Waals surface area contributed by atoms with Crippen molar-refractivity contribution in [1.29, 1.82) is 0 Å². The zero-order valence-corrected chi connectivity index (χ0v) is 17.9. The average Bonchev–Trinajstić information content (AvgIpc) is 3.43. The van der Waals surface area contributed by atoms with Crippen LogP contribution in [-0.2, 0) is 23.1 Å². The Hall–Kier alpha value is -3.30. The lowest BCUT2D eigenvalue weighted by Gasteiger charge is -2.29. The van der Waals surface area contributed by atoms with Crippen LogP contribution < -0.4 is 19.1 Å². The van der Waals surface area contributed by atoms with Crippen LogP contribution in [0.15, 0.2) is 71.1 Å². The van der Waals surface area contributed by atoms with Crippen LogP contribution in [0.25, 0.3) is 0 Å². The maximum absolute atomic E-state index is 13.3. The number of ether oxygens (including phenoxy) is 2. The van der Waals surface area contributed by atoms with Crippen molar-refractivity contribution in [1.82, 2.24) is 5.32 Å². The molecule has 0 saturated carbocycles. The van der Waals surface area contributed by atoms with Gasteiger partial charge >= 0.3 is 0 Å². The molecule has 0 saturated heterocycles. The summed E-state index contributed by atoms with van der Waals surface area (Å²) in [6.07, 6.45) is 1.29. The van der Waals surface area contributed by atoms with Gasteiger partial charge in [0.15, 0.2) is 16.4 Å². The standard InChI is InChI=1S/C22H18N2O5S2/c25-21-20(12-23-11-16-6-7-18-19(10-16)29-14-28-18)31(26,27)24(17-8-9-30-22(17)21)13-15-4-2-1-3-5-15/h1-10,12,23H,11,13-14H2. The Morgan fingerprint density at radius 2 is 1.84 bits per heavy atom. The van der Waals surface area contributed by atoms with Crippen molar-refractivity contribution < 1.29 is 22.7 Å². The van der Waals surface area contributed by atoms with Crippen LogP contribution in [0, 0.1) is 0 Å². The van der Waals surface area contributed by atoms with Crippen molar-refractivity contribution in [3.05, 3.63) is 87.1 Å². The van der Waals surface area contributed by atoms with Gasteiger partial charge in [-0.05, 0) is 34.7 Å². The molecule has 0 amide bonds. The topological polar surface area (TPSA) is 84.9 Å². The predicted octanol–water partition coefficient (Wildman–Crippen LogP) is 3.64. The Morgan fingerprint density at radius 3 is 2.68 bits per heavy atom. The third kappa shape index (κ3) is 3.55. The van der Waals surface area contributed by atoms with Gasteiger partial charge in [-0.2, -0.15) is 0 Å². The quantitative estimate of drug-likeness (QED) is 0.593. The van der Waals surface area contributed by atoms with E-state index >= 15 is 0 Å². The van der Waals surface area contributed by atoms with Crippen molar-refractivity contribution in [3.8, 4) is 11.5 Å². The van der Waals surface area contributed by atoms with Crippen molar-refractivity contribution in [2.75, 3.05) is 11.1 Å². The number of carbonyl (C=O) groups excluding carboxylic acids is 1. The molecule has 2 aliphatic rings. The lowest BCUT2D eigenvalue weighted by atomic mass is 10.2. The fourth-order valence-electron chi connectivity index (χ4n) is 3.52. The summed E-state index contributed by atoms with van der Waals surface area (Å²) in [7, 11) is -4.01. The molecular weight excluding hydrogens is 436 g/mol. The number of ketones is 1. The van der Waals surface area contributed by atoms with Gasteiger partial charge in [0.2, 0.25) is 12.6 Å². The highest BCUT2D eigenvalue weighted by molar-refractivity contribution is 7.97. The van der Waals surface area contributed by atoms with Crippen LogP contribution in [-0.4, -0.2) is 21.0 Å². The molecule has 0 aliphatic carbocycles. The van der Waals surface area contributed by atoms with Gasteiger partial charge in [0.25, 0.3) is 10.0 Å². The first kappa shape index (κ1) is 19.7. The van der Waals surface area contributed by atoms with E-state index in [1.165, 1.54) is 21.8 Å². The van der Waals surface area contributed by atoms with E-state index in [1.54, 1.807) is 17.5 Å². The second kappa shape index (κ2) is 7.75. The SMILES string of the molecule is O=C1C(=CNCc2ccc3c(c2)OCO3)S(=O)(=O)N(Cc2ccccc2)c2ccsc21. The number of thiophene rings is 1. The summed E-state index contributed by atoms with van der Waals surface area (Å²) in [4.78, 5) is 13.1. The first-order valence-electron chi connectivity index (χ1n) is 9.55. The number of benzene rings is 2. The van der Waals surface area contributed by atoms with Gasteiger partial charge in [-0.25, -0.2) is 8.42 Å². The van der Waals surface area contributed by atoms with Gasteiger partial charge in [-0.15, -0.1) is 11.3 Å². The fourth-order valence-corrected chi connectivity index (χ4v) is 6.03. The highest BCUT2D eigenvalue weighted by Crippen LogP contribution is 2.39. The number of anilines is 1. The molecule has 0 atom stereocenters. The smallest absolute Gasteiger partial charge is 0.270 e. The molecule has 0 unspecified atom stereocenters. The summed E-state index contributed by atoms with van der Waals surface area (Å²) in [5.41, 5.74) is 2.14. The third-order valence-corrected chi connectivity index (χ3v) is 7.72. The van der Waals surface area contributed by atoms with Crippen LogP contribution in [0.5, 0.6) is 11.5 Å². The molecule has 3 aromatic rings. The summed E-state index contributed by atoms with van der Waals surface area (Å²) in [5, 5.41) is 4.71. The molecule has 1 aromatic heterocycles. The molecule has 0 radical (unpaired) electrons. The van der Waals surface area contributed by atoms with Gasteiger partial charge in [0.1, 0.15) is 4.88 Å². The molecule has 0 fully saturated rings. The molecule has 2 aromatic carbocycles. The summed E-state index contributed by atoms with van der Waals surface area (Å²) in [5.74, 6) is 0.826. The number of nitrogens with one attached hydrogen (secondary N) is 1. The second-order valence-electron chi connectivity index (χ2n) is 7.04. The van der Waals surface area contributed by atoms with Crippen LogP contribution in [0.4, 0.5) is 5.69 Å². The Kier molecular flexibility index (Phi) is 4.91. The minimum atomic E-state index is -4.01. The third-order valence-electron chi connectivity index (χ3n) is 5.06. The molecule has 0 spiro atoms. The van der Waals surface area contributed by atoms with E-state index in [0.717, 1.165) is 11.1 Å². The fraction of sp³-hybridized carbons (Fsp3) is 0.136. The molecule has 3 heterocycles. The number of hydrogen-bond acceptors (Lipinski definition) is 7. The van der Waals surface area contributed by atoms with Gasteiger partial charge in [0.05, 0.1) is 12.2 Å². The number of hydrogen-bond donors (Lipinski definition) is 1. The number of rotatable bonds is 5. The molecular formula is C22H18N2O5S2. The first-order valence-corrected chi connectivity index (χ1v) is 11.9. The van der Waals surface area contributed by atoms with E-state index in [-0.39, 0.29) is 18.2 Å². The number of Topliss-reactive ketones (excluding diaryl/α,β-unsaturated/α-hetero) is 1. The Balaban J connectivity index is 1.43. The van der Waals surface area contributed by atoms with Crippen molar-refractivity contribution in [2.45, 2.75) is 13.1 Å². The molecule has 158 valence electrons. The molecule has 31 heavy (non-hydrogen) atoms. The monoisotopic (exact) mass is 454 g/mol. The van der Waals surface area contributed by atoms with Gasteiger partial charge in [-0.3, -0.25) is 9.10 Å². The molecule has 7 nitrogen and oxygen atoms in total. The number of carbonyl (C=O) groups is 1. The number of allylic oxidation sites excluding steroid dienone is 1. The van der Waals surface area contributed by atoms with Crippen LogP contribution in [0.1, 0.15) is 20.8 Å². The molecule has 9 heteroatoms. The van der Waals surface area contributed by atoms with E-state index < -0.39 is 15.8 Å². The minimum absolute atomic E-state index is 0.152. The van der Waals surface area contributed by atoms with E-state index in [4.69, 9.17) is 9.47 Å². The normalized spacial score (nSPS) is 17.6. The molecule has 0 bridgehead atoms. The van der Waals surface area contributed by atoms with E-state index in [0.29, 0.717) is 28.6 Å². The van der Waals surface area contributed by atoms with Crippen LogP contribution in [0.3, 0.4) is 0 Å². The van der Waals surface area contributed by atoms with E-state index in [1.807, 2.05) is 42.5 Å². The summed E-state index contributed by atoms with van der Waals surface area (Å²) < 4.78 is 38.7. The first-order chi connectivity index (χ1) is 15.0. The molecule has 5 rings (SSSR count). The van der Waals surface area contributed by atoms with E-state index in [2.05, 4.69) is 5.32 Å². The number of fused-ring (bicyclic) bond motifs is 2. The van der Waals surface area contributed by atoms with Gasteiger partial charge in [0, 0.05) is 12.7 Å². The summed E-state index contributed by atoms with van der Waals surface area (Å²) in [6, 6.07) is 16.5. The number of sulfonamides is 1. The summed E-state index contributed by atoms with van der Waals surface area (Å²) in [6.45, 7) is 0.669. The van der Waals surface area contributed by atoms with Crippen molar-refractivity contribution in [2.24, 2.45) is 0 Å². The zero-order chi connectivity index (χ0) is 21.4. The second-order valence-corrected chi connectivity index (χ2v) is 9.79. The van der Waals surface area contributed by atoms with Gasteiger partial charge < -0.3 is 14.8 Å². The Morgan fingerprint density at radius 1 is 1.03 bits per heavy atom. The highest BCUT2D eigenvalue weighted by Gasteiger charge is 2.41. The van der Waals surface area contributed by atoms with Crippen molar-refractivity contribution >= 4 is 32.8 Å². The largest absolute Gasteiger partial charge is 0.454 e. The number of nitrogens with zero attached hydrogens (tertiary/aromatic N) is 1. The maximum Gasteiger partial charge on any atom is 0.270 e. The van der Waals surface area contributed by atoms with Gasteiger partial charge in [-0.1, -0.05) is 36.4 Å². The lowest BCUT2D eigenvalue weighted by Crippen LogP contribution is -2.38. The Labute approximate surface area is 183 Å². The lowest BCUT2D eigenvalue weighted by molar-refractivity contribution is 0.104.